The molecule has 0 nitrogen and oxygen atoms in total. The maximum absolute atomic E-state index is 2.28. The van der Waals surface area contributed by atoms with E-state index in [1.807, 2.05) is 11.3 Å². The molecule has 0 radical (unpaired) electrons. The maximum Gasteiger partial charge on any atom is 0.0434 e. The lowest BCUT2D eigenvalue weighted by molar-refractivity contribution is 1.69. The van der Waals surface area contributed by atoms with Crippen LogP contribution in [0.25, 0.3) is 53.9 Å². The number of hydrogen-bond acceptors (Lipinski definition) is 1. The normalized spacial score (nSPS) is 11.7. The molecule has 27 heavy (non-hydrogen) atoms. The van der Waals surface area contributed by atoms with Crippen LogP contribution in [0.1, 0.15) is 0 Å². The van der Waals surface area contributed by atoms with E-state index >= 15 is 0 Å². The topological polar surface area (TPSA) is 0 Å². The van der Waals surface area contributed by atoms with Crippen LogP contribution in [0.15, 0.2) is 97.1 Å². The number of fused-ring (bicyclic) bond motifs is 3. The Hall–Kier alpha value is -3.16. The monoisotopic (exact) mass is 360 g/mol. The lowest BCUT2D eigenvalue weighted by Crippen LogP contribution is -1.78. The van der Waals surface area contributed by atoms with Crippen LogP contribution in [-0.2, 0) is 0 Å². The molecule has 1 heterocycles. The van der Waals surface area contributed by atoms with Crippen molar-refractivity contribution in [1.29, 1.82) is 0 Å². The quantitative estimate of drug-likeness (QED) is 0.294. The van der Waals surface area contributed by atoms with Crippen molar-refractivity contribution in [2.24, 2.45) is 0 Å². The van der Waals surface area contributed by atoms with Gasteiger partial charge in [-0.15, -0.1) is 11.3 Å². The number of thiophene rings is 1. The molecule has 0 atom stereocenters. The van der Waals surface area contributed by atoms with Gasteiger partial charge < -0.3 is 0 Å². The van der Waals surface area contributed by atoms with Crippen molar-refractivity contribution < 1.29 is 0 Å². The molecule has 1 aromatic heterocycles. The van der Waals surface area contributed by atoms with Gasteiger partial charge in [0.15, 0.2) is 0 Å². The third-order valence-electron chi connectivity index (χ3n) is 5.42. The first-order valence-corrected chi connectivity index (χ1v) is 10.0. The molecule has 1 aliphatic carbocycles. The van der Waals surface area contributed by atoms with Crippen LogP contribution < -0.4 is 0 Å². The van der Waals surface area contributed by atoms with Crippen LogP contribution in [-0.4, -0.2) is 0 Å². The first-order valence-electron chi connectivity index (χ1n) is 9.22. The summed E-state index contributed by atoms with van der Waals surface area (Å²) >= 11 is 1.92. The van der Waals surface area contributed by atoms with Crippen LogP contribution in [0.5, 0.6) is 0 Å². The molecule has 126 valence electrons. The van der Waals surface area contributed by atoms with Gasteiger partial charge in [0.05, 0.1) is 0 Å². The molecule has 1 heteroatoms. The second-order valence-electron chi connectivity index (χ2n) is 6.95. The Kier molecular flexibility index (Phi) is 3.14. The molecule has 0 bridgehead atoms. The van der Waals surface area contributed by atoms with Gasteiger partial charge in [-0.1, -0.05) is 97.1 Å². The van der Waals surface area contributed by atoms with Crippen molar-refractivity contribution in [1.82, 2.24) is 0 Å². The second-order valence-corrected chi connectivity index (χ2v) is 7.97. The summed E-state index contributed by atoms with van der Waals surface area (Å²) in [5, 5.41) is 2.72. The first kappa shape index (κ1) is 15.0. The number of benzene rings is 4. The van der Waals surface area contributed by atoms with Gasteiger partial charge in [-0.3, -0.25) is 0 Å². The predicted octanol–water partition coefficient (Wildman–Crippen LogP) is 7.88. The molecular weight excluding hydrogens is 344 g/mol. The van der Waals surface area contributed by atoms with Gasteiger partial charge >= 0.3 is 0 Å². The zero-order valence-corrected chi connectivity index (χ0v) is 15.5. The minimum absolute atomic E-state index is 1.30. The maximum atomic E-state index is 2.28. The molecule has 0 spiro atoms. The fourth-order valence-electron chi connectivity index (χ4n) is 4.29. The standard InChI is InChI=1S/C26H16S/c1-3-9-18(10-4-1)25-23-20-15-7-13-17-14-8-16-21(22(17)20)24(23)26(27-25)19-11-5-2-6-12-19/h1-16H. The summed E-state index contributed by atoms with van der Waals surface area (Å²) in [5.74, 6) is 0. The number of rotatable bonds is 2. The third kappa shape index (κ3) is 2.09. The lowest BCUT2D eigenvalue weighted by Gasteiger charge is -2.05. The van der Waals surface area contributed by atoms with Gasteiger partial charge in [0.25, 0.3) is 0 Å². The Morgan fingerprint density at radius 2 is 0.926 bits per heavy atom. The molecule has 5 aromatic rings. The van der Waals surface area contributed by atoms with Crippen LogP contribution in [0.3, 0.4) is 0 Å². The zero-order chi connectivity index (χ0) is 17.8. The highest BCUT2D eigenvalue weighted by Gasteiger charge is 2.30. The average molecular weight is 360 g/mol. The smallest absolute Gasteiger partial charge is 0.0434 e. The summed E-state index contributed by atoms with van der Waals surface area (Å²) < 4.78 is 0. The Bertz CT molecular complexity index is 1200. The number of hydrogen-bond donors (Lipinski definition) is 0. The van der Waals surface area contributed by atoms with E-state index in [1.54, 1.807) is 0 Å². The molecule has 0 unspecified atom stereocenters. The van der Waals surface area contributed by atoms with Crippen molar-refractivity contribution >= 4 is 22.1 Å². The second kappa shape index (κ2) is 5.67. The molecule has 0 aliphatic heterocycles. The zero-order valence-electron chi connectivity index (χ0n) is 14.6. The Morgan fingerprint density at radius 3 is 1.41 bits per heavy atom. The fraction of sp³-hybridized carbons (Fsp3) is 0. The van der Waals surface area contributed by atoms with Gasteiger partial charge in [0.1, 0.15) is 0 Å². The molecule has 4 aromatic carbocycles. The van der Waals surface area contributed by atoms with Gasteiger partial charge in [0, 0.05) is 20.9 Å². The summed E-state index contributed by atoms with van der Waals surface area (Å²) in [6.45, 7) is 0. The summed E-state index contributed by atoms with van der Waals surface area (Å²) in [6.07, 6.45) is 0. The van der Waals surface area contributed by atoms with Crippen LogP contribution in [0.4, 0.5) is 0 Å². The van der Waals surface area contributed by atoms with E-state index in [0.29, 0.717) is 0 Å². The van der Waals surface area contributed by atoms with Crippen molar-refractivity contribution in [3.8, 4) is 43.1 Å². The SMILES string of the molecule is c1ccc(-c2sc(-c3ccccc3)c3c2-c2cccc4cccc-3c24)cc1. The van der Waals surface area contributed by atoms with Crippen LogP contribution in [0.2, 0.25) is 0 Å². The van der Waals surface area contributed by atoms with E-state index in [9.17, 15) is 0 Å². The van der Waals surface area contributed by atoms with Gasteiger partial charge in [-0.2, -0.15) is 0 Å². The summed E-state index contributed by atoms with van der Waals surface area (Å²) in [5.41, 5.74) is 8.14. The molecule has 0 fully saturated rings. The Labute approximate surface area is 162 Å². The van der Waals surface area contributed by atoms with Gasteiger partial charge in [-0.05, 0) is 33.0 Å². The minimum atomic E-state index is 1.30. The van der Waals surface area contributed by atoms with Crippen molar-refractivity contribution in [3.05, 3.63) is 97.1 Å². The molecule has 0 saturated heterocycles. The highest BCUT2D eigenvalue weighted by Crippen LogP contribution is 2.58. The van der Waals surface area contributed by atoms with E-state index in [4.69, 9.17) is 0 Å². The highest BCUT2D eigenvalue weighted by molar-refractivity contribution is 7.20. The van der Waals surface area contributed by atoms with Crippen molar-refractivity contribution in [2.45, 2.75) is 0 Å². The van der Waals surface area contributed by atoms with E-state index < -0.39 is 0 Å². The summed E-state index contributed by atoms with van der Waals surface area (Å²) in [6, 6.07) is 35.0. The molecule has 0 N–H and O–H groups in total. The highest BCUT2D eigenvalue weighted by atomic mass is 32.1. The third-order valence-corrected chi connectivity index (χ3v) is 6.71. The summed E-state index contributed by atoms with van der Waals surface area (Å²) in [4.78, 5) is 2.74. The molecule has 6 rings (SSSR count). The van der Waals surface area contributed by atoms with E-state index in [-0.39, 0.29) is 0 Å². The van der Waals surface area contributed by atoms with Crippen LogP contribution in [0, 0.1) is 0 Å². The lowest BCUT2D eigenvalue weighted by atomic mass is 9.99. The van der Waals surface area contributed by atoms with Gasteiger partial charge in [-0.25, -0.2) is 0 Å². The molecule has 1 aliphatic rings. The molecular formula is C26H16S. The van der Waals surface area contributed by atoms with E-state index in [0.717, 1.165) is 0 Å². The van der Waals surface area contributed by atoms with E-state index in [1.165, 1.54) is 53.9 Å². The van der Waals surface area contributed by atoms with Gasteiger partial charge in [0.2, 0.25) is 0 Å². The minimum Gasteiger partial charge on any atom is -0.134 e. The van der Waals surface area contributed by atoms with Crippen LogP contribution >= 0.6 is 11.3 Å². The summed E-state index contributed by atoms with van der Waals surface area (Å²) in [7, 11) is 0. The first-order chi connectivity index (χ1) is 13.4. The largest absolute Gasteiger partial charge is 0.134 e. The van der Waals surface area contributed by atoms with Crippen molar-refractivity contribution in [3.63, 3.8) is 0 Å². The predicted molar refractivity (Wildman–Crippen MR) is 117 cm³/mol. The Morgan fingerprint density at radius 1 is 0.444 bits per heavy atom. The molecule has 0 amide bonds. The Balaban J connectivity index is 1.77. The van der Waals surface area contributed by atoms with E-state index in [2.05, 4.69) is 97.1 Å². The average Bonchev–Trinajstić information content (AvgIpc) is 3.28. The fourth-order valence-corrected chi connectivity index (χ4v) is 5.63. The van der Waals surface area contributed by atoms with Crippen molar-refractivity contribution in [2.75, 3.05) is 0 Å². The molecule has 0 saturated carbocycles.